The molecule has 0 saturated heterocycles. The Kier molecular flexibility index (Phi) is 3.25. The van der Waals surface area contributed by atoms with Crippen molar-refractivity contribution in [1.82, 2.24) is 14.5 Å². The fourth-order valence-corrected chi connectivity index (χ4v) is 2.31. The van der Waals surface area contributed by atoms with Gasteiger partial charge in [-0.1, -0.05) is 0 Å². The summed E-state index contributed by atoms with van der Waals surface area (Å²) in [5.41, 5.74) is 6.47. The molecular weight excluding hydrogens is 346 g/mol. The van der Waals surface area contributed by atoms with Crippen LogP contribution in [0.25, 0.3) is 16.9 Å². The molecule has 0 bridgehead atoms. The molecule has 0 fully saturated rings. The van der Waals surface area contributed by atoms with E-state index in [1.807, 2.05) is 0 Å². The number of hydrogen-bond donors (Lipinski definition) is 1. The Morgan fingerprint density at radius 1 is 1.19 bits per heavy atom. The van der Waals surface area contributed by atoms with E-state index in [0.717, 1.165) is 12.1 Å². The van der Waals surface area contributed by atoms with Gasteiger partial charge in [-0.25, -0.2) is 13.8 Å². The third-order valence-electron chi connectivity index (χ3n) is 2.94. The van der Waals surface area contributed by atoms with Crippen LogP contribution in [0.15, 0.2) is 28.7 Å². The van der Waals surface area contributed by atoms with Crippen LogP contribution in [0.4, 0.5) is 14.7 Å². The maximum atomic E-state index is 14.1. The largest absolute Gasteiger partial charge is 0.481 e. The van der Waals surface area contributed by atoms with Gasteiger partial charge in [0.25, 0.3) is 0 Å². The number of ether oxygens (including phenoxy) is 1. The normalized spacial score (nSPS) is 11.0. The van der Waals surface area contributed by atoms with Crippen molar-refractivity contribution in [2.24, 2.45) is 0 Å². The number of aromatic nitrogens is 3. The Morgan fingerprint density at radius 3 is 2.67 bits per heavy atom. The van der Waals surface area contributed by atoms with E-state index in [2.05, 4.69) is 25.9 Å². The van der Waals surface area contributed by atoms with E-state index in [0.29, 0.717) is 11.4 Å². The Hall–Kier alpha value is -2.22. The van der Waals surface area contributed by atoms with Gasteiger partial charge in [0.2, 0.25) is 11.8 Å². The zero-order valence-corrected chi connectivity index (χ0v) is 12.4. The average Bonchev–Trinajstić information content (AvgIpc) is 2.78. The minimum absolute atomic E-state index is 0.00590. The molecule has 0 atom stereocenters. The molecule has 2 N–H and O–H groups in total. The third-order valence-corrected chi connectivity index (χ3v) is 3.55. The molecule has 0 unspecified atom stereocenters. The van der Waals surface area contributed by atoms with Crippen LogP contribution >= 0.6 is 15.9 Å². The van der Waals surface area contributed by atoms with Crippen LogP contribution in [0, 0.1) is 11.6 Å². The number of benzene rings is 1. The van der Waals surface area contributed by atoms with E-state index in [1.165, 1.54) is 11.7 Å². The van der Waals surface area contributed by atoms with Gasteiger partial charge in [0.15, 0.2) is 5.65 Å². The molecule has 8 heteroatoms. The van der Waals surface area contributed by atoms with Crippen molar-refractivity contribution in [3.63, 3.8) is 0 Å². The third kappa shape index (κ3) is 2.21. The van der Waals surface area contributed by atoms with Gasteiger partial charge in [-0.05, 0) is 28.1 Å². The number of rotatable bonds is 2. The average molecular weight is 355 g/mol. The van der Waals surface area contributed by atoms with Crippen LogP contribution in [-0.2, 0) is 0 Å². The Labute approximate surface area is 126 Å². The minimum atomic E-state index is -0.654. The molecule has 0 aliphatic carbocycles. The molecule has 2 aromatic heterocycles. The molecule has 21 heavy (non-hydrogen) atoms. The van der Waals surface area contributed by atoms with Gasteiger partial charge in [-0.2, -0.15) is 4.98 Å². The first-order chi connectivity index (χ1) is 10.0. The van der Waals surface area contributed by atoms with Crippen molar-refractivity contribution in [2.45, 2.75) is 0 Å². The van der Waals surface area contributed by atoms with Gasteiger partial charge < -0.3 is 10.5 Å². The smallest absolute Gasteiger partial charge is 0.215 e. The summed E-state index contributed by atoms with van der Waals surface area (Å²) in [6.07, 6.45) is 0. The molecule has 1 aromatic carbocycles. The zero-order chi connectivity index (χ0) is 15.1. The van der Waals surface area contributed by atoms with E-state index in [-0.39, 0.29) is 21.8 Å². The van der Waals surface area contributed by atoms with Crippen LogP contribution in [0.5, 0.6) is 5.88 Å². The Bertz CT molecular complexity index is 850. The van der Waals surface area contributed by atoms with Crippen molar-refractivity contribution < 1.29 is 13.5 Å². The highest BCUT2D eigenvalue weighted by atomic mass is 79.9. The minimum Gasteiger partial charge on any atom is -0.481 e. The quantitative estimate of drug-likeness (QED) is 0.718. The van der Waals surface area contributed by atoms with Crippen LogP contribution in [-0.4, -0.2) is 21.6 Å². The summed E-state index contributed by atoms with van der Waals surface area (Å²) in [5.74, 6) is -0.942. The van der Waals surface area contributed by atoms with Crippen LogP contribution in [0.2, 0.25) is 0 Å². The topological polar surface area (TPSA) is 66.0 Å². The summed E-state index contributed by atoms with van der Waals surface area (Å²) in [6.45, 7) is 0. The van der Waals surface area contributed by atoms with Crippen LogP contribution in [0.1, 0.15) is 0 Å². The molecular formula is C13H9BrF2N4O. The lowest BCUT2D eigenvalue weighted by Gasteiger charge is -2.08. The predicted molar refractivity (Wildman–Crippen MR) is 77.4 cm³/mol. The number of fused-ring (bicyclic) bond motifs is 1. The molecule has 0 saturated carbocycles. The van der Waals surface area contributed by atoms with E-state index in [4.69, 9.17) is 10.5 Å². The zero-order valence-electron chi connectivity index (χ0n) is 10.8. The molecule has 3 aromatic rings. The Balaban J connectivity index is 2.34. The summed E-state index contributed by atoms with van der Waals surface area (Å²) in [4.78, 5) is 8.26. The van der Waals surface area contributed by atoms with E-state index in [1.54, 1.807) is 12.1 Å². The lowest BCUT2D eigenvalue weighted by Crippen LogP contribution is -2.05. The summed E-state index contributed by atoms with van der Waals surface area (Å²) in [5, 5.41) is 0. The standard InChI is InChI=1S/C13H9BrF2N4O/c1-21-11-3-2-9-12(19-11)20(13(17)18-9)10-5-7(15)6(14)4-8(10)16/h2-5H,1H3,(H2,17,18). The van der Waals surface area contributed by atoms with Gasteiger partial charge in [0.1, 0.15) is 17.2 Å². The van der Waals surface area contributed by atoms with Gasteiger partial charge in [0, 0.05) is 12.1 Å². The highest BCUT2D eigenvalue weighted by molar-refractivity contribution is 9.10. The van der Waals surface area contributed by atoms with Gasteiger partial charge >= 0.3 is 0 Å². The first kappa shape index (κ1) is 13.7. The molecule has 0 amide bonds. The summed E-state index contributed by atoms with van der Waals surface area (Å²) < 4.78 is 34.1. The molecule has 5 nitrogen and oxygen atoms in total. The second kappa shape index (κ2) is 4.96. The number of halogens is 3. The predicted octanol–water partition coefficient (Wildman–Crippen LogP) is 3.05. The fourth-order valence-electron chi connectivity index (χ4n) is 1.99. The molecule has 0 spiro atoms. The van der Waals surface area contributed by atoms with Gasteiger partial charge in [-0.3, -0.25) is 4.57 Å². The Morgan fingerprint density at radius 2 is 1.95 bits per heavy atom. The number of imidazole rings is 1. The summed E-state index contributed by atoms with van der Waals surface area (Å²) >= 11 is 2.93. The number of nitrogens with zero attached hydrogens (tertiary/aromatic N) is 3. The van der Waals surface area contributed by atoms with Crippen molar-refractivity contribution in [3.8, 4) is 11.6 Å². The first-order valence-corrected chi connectivity index (χ1v) is 6.64. The molecule has 0 radical (unpaired) electrons. The fraction of sp³-hybridized carbons (Fsp3) is 0.0769. The second-order valence-corrected chi connectivity index (χ2v) is 5.07. The van der Waals surface area contributed by atoms with Crippen LogP contribution < -0.4 is 10.5 Å². The monoisotopic (exact) mass is 354 g/mol. The number of nitrogen functional groups attached to an aromatic ring is 1. The molecule has 2 heterocycles. The van der Waals surface area contributed by atoms with Crippen molar-refractivity contribution >= 4 is 33.0 Å². The lowest BCUT2D eigenvalue weighted by molar-refractivity contribution is 0.399. The van der Waals surface area contributed by atoms with Crippen molar-refractivity contribution in [1.29, 1.82) is 0 Å². The summed E-state index contributed by atoms with van der Waals surface area (Å²) in [7, 11) is 1.46. The number of pyridine rings is 1. The maximum Gasteiger partial charge on any atom is 0.215 e. The number of anilines is 1. The van der Waals surface area contributed by atoms with E-state index in [9.17, 15) is 8.78 Å². The maximum absolute atomic E-state index is 14.1. The molecule has 0 aliphatic heterocycles. The van der Waals surface area contributed by atoms with E-state index < -0.39 is 11.6 Å². The van der Waals surface area contributed by atoms with E-state index >= 15 is 0 Å². The second-order valence-electron chi connectivity index (χ2n) is 4.22. The van der Waals surface area contributed by atoms with Crippen LogP contribution in [0.3, 0.4) is 0 Å². The number of hydrogen-bond acceptors (Lipinski definition) is 4. The van der Waals surface area contributed by atoms with Crippen molar-refractivity contribution in [3.05, 3.63) is 40.4 Å². The first-order valence-electron chi connectivity index (χ1n) is 5.85. The number of nitrogens with two attached hydrogens (primary N) is 1. The lowest BCUT2D eigenvalue weighted by atomic mass is 10.3. The summed E-state index contributed by atoms with van der Waals surface area (Å²) in [6, 6.07) is 5.30. The van der Waals surface area contributed by atoms with Gasteiger partial charge in [0.05, 0.1) is 17.3 Å². The molecule has 0 aliphatic rings. The molecule has 3 rings (SSSR count). The highest BCUT2D eigenvalue weighted by Crippen LogP contribution is 2.28. The van der Waals surface area contributed by atoms with Crippen molar-refractivity contribution in [2.75, 3.05) is 12.8 Å². The van der Waals surface area contributed by atoms with Gasteiger partial charge in [-0.15, -0.1) is 0 Å². The molecule has 108 valence electrons. The SMILES string of the molecule is COc1ccc2nc(N)n(-c3cc(F)c(Br)cc3F)c2n1. The highest BCUT2D eigenvalue weighted by Gasteiger charge is 2.17. The number of methoxy groups -OCH3 is 1.